The quantitative estimate of drug-likeness (QED) is 0.498. The van der Waals surface area contributed by atoms with E-state index in [0.717, 1.165) is 6.08 Å². The summed E-state index contributed by atoms with van der Waals surface area (Å²) in [6.45, 7) is 8.86. The Kier molecular flexibility index (Phi) is 6.42. The lowest BCUT2D eigenvalue weighted by atomic mass is 10.1. The van der Waals surface area contributed by atoms with Crippen LogP contribution in [0.5, 0.6) is 0 Å². The van der Waals surface area contributed by atoms with Crippen molar-refractivity contribution in [1.29, 1.82) is 0 Å². The van der Waals surface area contributed by atoms with Crippen LogP contribution in [0, 0.1) is 5.92 Å². The third-order valence-electron chi connectivity index (χ3n) is 1.53. The summed E-state index contributed by atoms with van der Waals surface area (Å²) in [6, 6.07) is 0. The highest BCUT2D eigenvalue weighted by atomic mass is 16.6. The molecule has 0 rings (SSSR count). The smallest absolute Gasteiger partial charge is 0.330 e. The first kappa shape index (κ1) is 13.7. The molecule has 0 saturated heterocycles. The third-order valence-corrected chi connectivity index (χ3v) is 1.53. The molecule has 0 saturated carbocycles. The third kappa shape index (κ3) is 7.73. The predicted octanol–water partition coefficient (Wildman–Crippen LogP) is 1.69. The SMILES string of the molecule is C=CC(=O)OCC(C)OC(=O)CC(C)C. The number of rotatable bonds is 6. The maximum atomic E-state index is 11.2. The minimum Gasteiger partial charge on any atom is -0.459 e. The van der Waals surface area contributed by atoms with E-state index in [4.69, 9.17) is 9.47 Å². The average molecular weight is 214 g/mol. The minimum atomic E-state index is -0.512. The molecule has 1 unspecified atom stereocenters. The van der Waals surface area contributed by atoms with Gasteiger partial charge in [-0.05, 0) is 12.8 Å². The number of hydrogen-bond acceptors (Lipinski definition) is 4. The highest BCUT2D eigenvalue weighted by Crippen LogP contribution is 2.03. The van der Waals surface area contributed by atoms with E-state index in [1.165, 1.54) is 0 Å². The Balaban J connectivity index is 3.73. The van der Waals surface area contributed by atoms with Gasteiger partial charge in [-0.25, -0.2) is 4.79 Å². The molecular weight excluding hydrogens is 196 g/mol. The summed E-state index contributed by atoms with van der Waals surface area (Å²) in [7, 11) is 0. The standard InChI is InChI=1S/C11H18O4/c1-5-10(12)14-7-9(4)15-11(13)6-8(2)3/h5,8-9H,1,6-7H2,2-4H3. The second kappa shape index (κ2) is 7.04. The van der Waals surface area contributed by atoms with E-state index in [1.807, 2.05) is 13.8 Å². The molecule has 0 aromatic carbocycles. The highest BCUT2D eigenvalue weighted by Gasteiger charge is 2.12. The summed E-state index contributed by atoms with van der Waals surface area (Å²) < 4.78 is 9.73. The molecule has 0 heterocycles. The molecule has 4 heteroatoms. The van der Waals surface area contributed by atoms with Crippen molar-refractivity contribution in [3.8, 4) is 0 Å². The van der Waals surface area contributed by atoms with E-state index in [1.54, 1.807) is 6.92 Å². The summed E-state index contributed by atoms with van der Waals surface area (Å²) >= 11 is 0. The van der Waals surface area contributed by atoms with Gasteiger partial charge in [-0.15, -0.1) is 0 Å². The van der Waals surface area contributed by atoms with Crippen LogP contribution in [-0.2, 0) is 19.1 Å². The van der Waals surface area contributed by atoms with Crippen LogP contribution in [0.25, 0.3) is 0 Å². The van der Waals surface area contributed by atoms with Gasteiger partial charge >= 0.3 is 11.9 Å². The first-order valence-electron chi connectivity index (χ1n) is 4.94. The molecule has 0 aliphatic carbocycles. The number of esters is 2. The number of hydrogen-bond donors (Lipinski definition) is 0. The number of ether oxygens (including phenoxy) is 2. The van der Waals surface area contributed by atoms with Crippen molar-refractivity contribution in [2.45, 2.75) is 33.3 Å². The Morgan fingerprint density at radius 3 is 2.40 bits per heavy atom. The van der Waals surface area contributed by atoms with Gasteiger partial charge in [0, 0.05) is 12.5 Å². The van der Waals surface area contributed by atoms with Crippen LogP contribution in [0.1, 0.15) is 27.2 Å². The molecule has 4 nitrogen and oxygen atoms in total. The van der Waals surface area contributed by atoms with Gasteiger partial charge in [0.25, 0.3) is 0 Å². The van der Waals surface area contributed by atoms with Crippen molar-refractivity contribution in [3.05, 3.63) is 12.7 Å². The molecule has 0 amide bonds. The van der Waals surface area contributed by atoms with Crippen LogP contribution in [0.3, 0.4) is 0 Å². The summed E-state index contributed by atoms with van der Waals surface area (Å²) in [4.78, 5) is 21.9. The highest BCUT2D eigenvalue weighted by molar-refractivity contribution is 5.81. The van der Waals surface area contributed by atoms with Crippen LogP contribution in [0.4, 0.5) is 0 Å². The fourth-order valence-electron chi connectivity index (χ4n) is 0.898. The zero-order valence-electron chi connectivity index (χ0n) is 9.49. The molecule has 0 aliphatic rings. The van der Waals surface area contributed by atoms with Crippen molar-refractivity contribution in [1.82, 2.24) is 0 Å². The lowest BCUT2D eigenvalue weighted by molar-refractivity contribution is -0.156. The molecule has 1 atom stereocenters. The van der Waals surface area contributed by atoms with Crippen molar-refractivity contribution >= 4 is 11.9 Å². The maximum Gasteiger partial charge on any atom is 0.330 e. The molecular formula is C11H18O4. The van der Waals surface area contributed by atoms with Gasteiger partial charge in [-0.2, -0.15) is 0 Å². The number of carbonyl (C=O) groups excluding carboxylic acids is 2. The lowest BCUT2D eigenvalue weighted by Gasteiger charge is -2.13. The van der Waals surface area contributed by atoms with Gasteiger partial charge in [0.1, 0.15) is 12.7 Å². The largest absolute Gasteiger partial charge is 0.459 e. The second-order valence-electron chi connectivity index (χ2n) is 3.73. The molecule has 0 aliphatic heterocycles. The molecule has 0 N–H and O–H groups in total. The molecule has 0 bridgehead atoms. The zero-order valence-corrected chi connectivity index (χ0v) is 9.49. The van der Waals surface area contributed by atoms with E-state index in [9.17, 15) is 9.59 Å². The fourth-order valence-corrected chi connectivity index (χ4v) is 0.898. The summed E-state index contributed by atoms with van der Waals surface area (Å²) in [5.74, 6) is -0.519. The van der Waals surface area contributed by atoms with E-state index >= 15 is 0 Å². The summed E-state index contributed by atoms with van der Waals surface area (Å²) in [6.07, 6.45) is 1.03. The molecule has 0 spiro atoms. The Morgan fingerprint density at radius 2 is 1.93 bits per heavy atom. The Labute approximate surface area is 90.2 Å². The summed E-state index contributed by atoms with van der Waals surface area (Å²) in [5.41, 5.74) is 0. The van der Waals surface area contributed by atoms with Gasteiger partial charge in [0.2, 0.25) is 0 Å². The summed E-state index contributed by atoms with van der Waals surface area (Å²) in [5, 5.41) is 0. The topological polar surface area (TPSA) is 52.6 Å². The van der Waals surface area contributed by atoms with E-state index in [-0.39, 0.29) is 18.5 Å². The number of carbonyl (C=O) groups is 2. The average Bonchev–Trinajstić information content (AvgIpc) is 2.12. The molecule has 15 heavy (non-hydrogen) atoms. The van der Waals surface area contributed by atoms with E-state index in [2.05, 4.69) is 6.58 Å². The molecule has 0 aromatic rings. The van der Waals surface area contributed by atoms with E-state index in [0.29, 0.717) is 6.42 Å². The van der Waals surface area contributed by atoms with E-state index < -0.39 is 12.1 Å². The van der Waals surface area contributed by atoms with Crippen LogP contribution in [0.2, 0.25) is 0 Å². The zero-order chi connectivity index (χ0) is 11.8. The monoisotopic (exact) mass is 214 g/mol. The molecule has 0 radical (unpaired) electrons. The second-order valence-corrected chi connectivity index (χ2v) is 3.73. The van der Waals surface area contributed by atoms with Gasteiger partial charge in [-0.1, -0.05) is 20.4 Å². The first-order valence-corrected chi connectivity index (χ1v) is 4.94. The van der Waals surface area contributed by atoms with Crippen LogP contribution in [0.15, 0.2) is 12.7 Å². The van der Waals surface area contributed by atoms with Crippen molar-refractivity contribution < 1.29 is 19.1 Å². The van der Waals surface area contributed by atoms with Crippen molar-refractivity contribution in [2.75, 3.05) is 6.61 Å². The van der Waals surface area contributed by atoms with Gasteiger partial charge in [0.05, 0.1) is 0 Å². The van der Waals surface area contributed by atoms with Crippen LogP contribution >= 0.6 is 0 Å². The van der Waals surface area contributed by atoms with Crippen LogP contribution in [-0.4, -0.2) is 24.6 Å². The van der Waals surface area contributed by atoms with Crippen molar-refractivity contribution in [3.63, 3.8) is 0 Å². The first-order chi connectivity index (χ1) is 6.95. The fraction of sp³-hybridized carbons (Fsp3) is 0.636. The van der Waals surface area contributed by atoms with Crippen LogP contribution < -0.4 is 0 Å². The van der Waals surface area contributed by atoms with Gasteiger partial charge < -0.3 is 9.47 Å². The van der Waals surface area contributed by atoms with Gasteiger partial charge in [0.15, 0.2) is 0 Å². The molecule has 0 aromatic heterocycles. The lowest BCUT2D eigenvalue weighted by Crippen LogP contribution is -2.22. The molecule has 0 fully saturated rings. The minimum absolute atomic E-state index is 0.0642. The maximum absolute atomic E-state index is 11.2. The predicted molar refractivity (Wildman–Crippen MR) is 56.2 cm³/mol. The Bertz CT molecular complexity index is 233. The Hall–Kier alpha value is -1.32. The Morgan fingerprint density at radius 1 is 1.33 bits per heavy atom. The van der Waals surface area contributed by atoms with Crippen molar-refractivity contribution in [2.24, 2.45) is 5.92 Å². The molecule has 86 valence electrons. The normalized spacial score (nSPS) is 12.0. The van der Waals surface area contributed by atoms with Gasteiger partial charge in [-0.3, -0.25) is 4.79 Å².